The molecule has 3 amide bonds. The molecular weight excluding hydrogens is 506 g/mol. The van der Waals surface area contributed by atoms with Gasteiger partial charge in [0, 0.05) is 17.8 Å². The van der Waals surface area contributed by atoms with Crippen LogP contribution in [0.2, 0.25) is 0 Å². The van der Waals surface area contributed by atoms with Crippen LogP contribution >= 0.6 is 0 Å². The molecule has 5 rings (SSSR count). The standard InChI is InChI=1S/C32H33N3O5/c1-19-15-20(2)29(21(3)16-19)34-32(39)33-27-18-24-8-5-4-7-23(24)17-26(27)30(36)35(28-9-6-14-40-28)25-12-10-22(11-13-25)31(37)38/h4-9,14-18,22,25H,10-13H2,1-3H3,(H,37,38)(H2,33,34,39). The lowest BCUT2D eigenvalue weighted by Gasteiger charge is -2.34. The van der Waals surface area contributed by atoms with E-state index in [4.69, 9.17) is 4.42 Å². The maximum atomic E-state index is 14.3. The molecule has 8 nitrogen and oxygen atoms in total. The number of amides is 3. The van der Waals surface area contributed by atoms with Crippen molar-refractivity contribution in [2.45, 2.75) is 52.5 Å². The largest absolute Gasteiger partial charge is 0.481 e. The Hall–Kier alpha value is -4.59. The van der Waals surface area contributed by atoms with Gasteiger partial charge in [-0.3, -0.25) is 14.5 Å². The lowest BCUT2D eigenvalue weighted by Crippen LogP contribution is -2.43. The highest BCUT2D eigenvalue weighted by atomic mass is 16.4. The summed E-state index contributed by atoms with van der Waals surface area (Å²) in [4.78, 5) is 40.7. The zero-order valence-electron chi connectivity index (χ0n) is 22.9. The lowest BCUT2D eigenvalue weighted by molar-refractivity contribution is -0.142. The van der Waals surface area contributed by atoms with Crippen LogP contribution in [-0.4, -0.2) is 29.1 Å². The Morgan fingerprint density at radius 2 is 1.50 bits per heavy atom. The summed E-state index contributed by atoms with van der Waals surface area (Å²) in [7, 11) is 0. The zero-order valence-corrected chi connectivity index (χ0v) is 22.9. The number of carbonyl (C=O) groups excluding carboxylic acids is 2. The molecule has 4 aromatic rings. The Morgan fingerprint density at radius 1 is 0.850 bits per heavy atom. The quantitative estimate of drug-likeness (QED) is 0.238. The number of nitrogens with zero attached hydrogens (tertiary/aromatic N) is 1. The van der Waals surface area contributed by atoms with Crippen LogP contribution in [-0.2, 0) is 4.79 Å². The summed E-state index contributed by atoms with van der Waals surface area (Å²) in [5.74, 6) is -1.16. The summed E-state index contributed by atoms with van der Waals surface area (Å²) in [6.07, 6.45) is 3.53. The van der Waals surface area contributed by atoms with E-state index >= 15 is 0 Å². The van der Waals surface area contributed by atoms with Gasteiger partial charge in [0.25, 0.3) is 5.91 Å². The molecule has 40 heavy (non-hydrogen) atoms. The molecular formula is C32H33N3O5. The van der Waals surface area contributed by atoms with E-state index in [0.717, 1.165) is 33.2 Å². The van der Waals surface area contributed by atoms with Crippen molar-refractivity contribution in [1.82, 2.24) is 0 Å². The molecule has 8 heteroatoms. The smallest absolute Gasteiger partial charge is 0.323 e. The molecule has 1 fully saturated rings. The molecule has 0 atom stereocenters. The second kappa shape index (κ2) is 11.3. The fraction of sp³-hybridized carbons (Fsp3) is 0.281. The molecule has 3 aromatic carbocycles. The third-order valence-corrected chi connectivity index (χ3v) is 7.65. The Kier molecular flexibility index (Phi) is 7.60. The Bertz CT molecular complexity index is 1550. The van der Waals surface area contributed by atoms with E-state index in [2.05, 4.69) is 10.6 Å². The fourth-order valence-corrected chi connectivity index (χ4v) is 5.73. The van der Waals surface area contributed by atoms with Crippen LogP contribution in [0.3, 0.4) is 0 Å². The van der Waals surface area contributed by atoms with Crippen molar-refractivity contribution in [1.29, 1.82) is 0 Å². The highest BCUT2D eigenvalue weighted by Gasteiger charge is 2.35. The summed E-state index contributed by atoms with van der Waals surface area (Å²) in [5, 5.41) is 17.1. The van der Waals surface area contributed by atoms with E-state index < -0.39 is 17.9 Å². The zero-order chi connectivity index (χ0) is 28.4. The first-order valence-corrected chi connectivity index (χ1v) is 13.5. The third-order valence-electron chi connectivity index (χ3n) is 7.65. The van der Waals surface area contributed by atoms with Crippen molar-refractivity contribution in [2.75, 3.05) is 15.5 Å². The molecule has 206 valence electrons. The first-order valence-electron chi connectivity index (χ1n) is 13.5. The van der Waals surface area contributed by atoms with Crippen molar-refractivity contribution in [2.24, 2.45) is 5.92 Å². The number of aliphatic carboxylic acids is 1. The number of hydrogen-bond donors (Lipinski definition) is 3. The number of rotatable bonds is 6. The van der Waals surface area contributed by atoms with Crippen molar-refractivity contribution >= 4 is 45.9 Å². The number of fused-ring (bicyclic) bond motifs is 1. The lowest BCUT2D eigenvalue weighted by atomic mass is 9.85. The average Bonchev–Trinajstić information content (AvgIpc) is 3.45. The number of furan rings is 1. The number of anilines is 3. The molecule has 1 heterocycles. The van der Waals surface area contributed by atoms with Crippen LogP contribution < -0.4 is 15.5 Å². The van der Waals surface area contributed by atoms with Gasteiger partial charge in [-0.05, 0) is 86.6 Å². The number of carbonyl (C=O) groups is 3. The molecule has 1 saturated carbocycles. The van der Waals surface area contributed by atoms with Crippen molar-refractivity contribution in [3.05, 3.63) is 89.2 Å². The molecule has 0 spiro atoms. The summed E-state index contributed by atoms with van der Waals surface area (Å²) in [6.45, 7) is 5.90. The number of benzene rings is 3. The maximum Gasteiger partial charge on any atom is 0.323 e. The van der Waals surface area contributed by atoms with Crippen LogP contribution in [0.15, 0.2) is 71.3 Å². The number of nitrogens with one attached hydrogen (secondary N) is 2. The van der Waals surface area contributed by atoms with Crippen molar-refractivity contribution in [3.8, 4) is 0 Å². The number of carboxylic acids is 1. The minimum absolute atomic E-state index is 0.236. The summed E-state index contributed by atoms with van der Waals surface area (Å²) < 4.78 is 5.68. The maximum absolute atomic E-state index is 14.3. The van der Waals surface area contributed by atoms with Crippen molar-refractivity contribution < 1.29 is 23.9 Å². The molecule has 0 unspecified atom stereocenters. The Balaban J connectivity index is 1.50. The number of aryl methyl sites for hydroxylation is 3. The predicted molar refractivity (Wildman–Crippen MR) is 156 cm³/mol. The molecule has 3 N–H and O–H groups in total. The summed E-state index contributed by atoms with van der Waals surface area (Å²) >= 11 is 0. The van der Waals surface area contributed by atoms with Gasteiger partial charge in [0.05, 0.1) is 23.4 Å². The van der Waals surface area contributed by atoms with Gasteiger partial charge in [-0.25, -0.2) is 4.79 Å². The molecule has 0 bridgehead atoms. The van der Waals surface area contributed by atoms with Crippen LogP contribution in [0.1, 0.15) is 52.7 Å². The topological polar surface area (TPSA) is 112 Å². The summed E-state index contributed by atoms with van der Waals surface area (Å²) in [6, 6.07) is 18.0. The SMILES string of the molecule is Cc1cc(C)c(NC(=O)Nc2cc3ccccc3cc2C(=O)N(c2ccco2)C2CCC(C(=O)O)CC2)c(C)c1. The van der Waals surface area contributed by atoms with Gasteiger partial charge in [0.2, 0.25) is 5.88 Å². The number of hydrogen-bond acceptors (Lipinski definition) is 4. The molecule has 0 saturated heterocycles. The average molecular weight is 540 g/mol. The highest BCUT2D eigenvalue weighted by molar-refractivity contribution is 6.14. The van der Waals surface area contributed by atoms with Gasteiger partial charge < -0.3 is 20.2 Å². The van der Waals surface area contributed by atoms with Gasteiger partial charge in [-0.2, -0.15) is 0 Å². The molecule has 0 aliphatic heterocycles. The van der Waals surface area contributed by atoms with E-state index in [0.29, 0.717) is 42.8 Å². The van der Waals surface area contributed by atoms with Crippen LogP contribution in [0.5, 0.6) is 0 Å². The van der Waals surface area contributed by atoms with Crippen LogP contribution in [0, 0.1) is 26.7 Å². The minimum Gasteiger partial charge on any atom is -0.481 e. The van der Waals surface area contributed by atoms with Gasteiger partial charge in [-0.15, -0.1) is 0 Å². The van der Waals surface area contributed by atoms with Gasteiger partial charge >= 0.3 is 12.0 Å². The molecule has 1 aromatic heterocycles. The third kappa shape index (κ3) is 5.57. The number of carboxylic acid groups (broad SMARTS) is 1. The Morgan fingerprint density at radius 3 is 2.10 bits per heavy atom. The molecule has 1 aliphatic carbocycles. The summed E-state index contributed by atoms with van der Waals surface area (Å²) in [5.41, 5.74) is 4.43. The second-order valence-electron chi connectivity index (χ2n) is 10.6. The monoisotopic (exact) mass is 539 g/mol. The minimum atomic E-state index is -0.805. The van der Waals surface area contributed by atoms with Gasteiger partial charge in [0.1, 0.15) is 0 Å². The van der Waals surface area contributed by atoms with E-state index in [1.54, 1.807) is 29.2 Å². The first-order chi connectivity index (χ1) is 19.2. The highest BCUT2D eigenvalue weighted by Crippen LogP contribution is 2.34. The van der Waals surface area contributed by atoms with E-state index in [1.807, 2.05) is 57.2 Å². The molecule has 0 radical (unpaired) electrons. The first kappa shape index (κ1) is 27.0. The van der Waals surface area contributed by atoms with Crippen LogP contribution in [0.25, 0.3) is 10.8 Å². The normalized spacial score (nSPS) is 16.9. The van der Waals surface area contributed by atoms with Gasteiger partial charge in [0.15, 0.2) is 0 Å². The van der Waals surface area contributed by atoms with Crippen LogP contribution in [0.4, 0.5) is 22.1 Å². The second-order valence-corrected chi connectivity index (χ2v) is 10.6. The Labute approximate surface area is 233 Å². The van der Waals surface area contributed by atoms with Crippen molar-refractivity contribution in [3.63, 3.8) is 0 Å². The molecule has 1 aliphatic rings. The predicted octanol–water partition coefficient (Wildman–Crippen LogP) is 7.29. The van der Waals surface area contributed by atoms with Gasteiger partial charge in [-0.1, -0.05) is 42.0 Å². The van der Waals surface area contributed by atoms with E-state index in [1.165, 1.54) is 6.26 Å². The number of urea groups is 1. The van der Waals surface area contributed by atoms with E-state index in [-0.39, 0.29) is 11.9 Å². The fourth-order valence-electron chi connectivity index (χ4n) is 5.73. The van der Waals surface area contributed by atoms with E-state index in [9.17, 15) is 19.5 Å².